The fourth-order valence-electron chi connectivity index (χ4n) is 3.39. The summed E-state index contributed by atoms with van der Waals surface area (Å²) in [4.78, 5) is 16.1. The maximum absolute atomic E-state index is 13.2. The van der Waals surface area contributed by atoms with Crippen LogP contribution in [0.15, 0.2) is 36.4 Å². The van der Waals surface area contributed by atoms with Gasteiger partial charge in [-0.15, -0.1) is 0 Å². The molecule has 0 saturated carbocycles. The third-order valence-electron chi connectivity index (χ3n) is 4.56. The summed E-state index contributed by atoms with van der Waals surface area (Å²) in [5.41, 5.74) is 4.49. The summed E-state index contributed by atoms with van der Waals surface area (Å²) < 4.78 is 13.2. The maximum atomic E-state index is 13.2. The average molecular weight is 343 g/mol. The van der Waals surface area contributed by atoms with Crippen LogP contribution in [0.2, 0.25) is 5.02 Å². The van der Waals surface area contributed by atoms with Crippen molar-refractivity contribution >= 4 is 34.1 Å². The van der Waals surface area contributed by atoms with Crippen molar-refractivity contribution in [1.82, 2.24) is 4.98 Å². The molecule has 24 heavy (non-hydrogen) atoms. The molecule has 1 aliphatic rings. The molecule has 3 aromatic rings. The highest BCUT2D eigenvalue weighted by molar-refractivity contribution is 6.31. The van der Waals surface area contributed by atoms with Crippen molar-refractivity contribution in [3.63, 3.8) is 0 Å². The second-order valence-electron chi connectivity index (χ2n) is 6.10. The monoisotopic (exact) mass is 342 g/mol. The van der Waals surface area contributed by atoms with Crippen LogP contribution in [-0.2, 0) is 12.8 Å². The molecule has 0 bridgehead atoms. The molecular formula is C19H16ClFN2O. The molecule has 0 unspecified atom stereocenters. The van der Waals surface area contributed by atoms with Gasteiger partial charge in [0.15, 0.2) is 0 Å². The van der Waals surface area contributed by atoms with Gasteiger partial charge in [-0.25, -0.2) is 4.39 Å². The van der Waals surface area contributed by atoms with Gasteiger partial charge in [-0.1, -0.05) is 23.7 Å². The fraction of sp³-hybridized carbons (Fsp3) is 0.211. The van der Waals surface area contributed by atoms with Crippen molar-refractivity contribution in [2.45, 2.75) is 25.7 Å². The largest absolute Gasteiger partial charge is 0.358 e. The van der Waals surface area contributed by atoms with Crippen LogP contribution in [0.25, 0.3) is 10.9 Å². The number of H-pyrrole nitrogens is 1. The summed E-state index contributed by atoms with van der Waals surface area (Å²) in [6.45, 7) is 0. The van der Waals surface area contributed by atoms with Crippen LogP contribution in [0.4, 0.5) is 10.1 Å². The topological polar surface area (TPSA) is 44.9 Å². The van der Waals surface area contributed by atoms with Crippen LogP contribution in [-0.4, -0.2) is 10.9 Å². The molecular weight excluding hydrogens is 327 g/mol. The smallest absolute Gasteiger partial charge is 0.257 e. The van der Waals surface area contributed by atoms with Gasteiger partial charge >= 0.3 is 0 Å². The van der Waals surface area contributed by atoms with Crippen LogP contribution >= 0.6 is 11.6 Å². The molecule has 2 N–H and O–H groups in total. The molecule has 1 heterocycles. The first-order chi connectivity index (χ1) is 11.6. The van der Waals surface area contributed by atoms with Crippen molar-refractivity contribution in [1.29, 1.82) is 0 Å². The average Bonchev–Trinajstić information content (AvgIpc) is 2.97. The van der Waals surface area contributed by atoms with E-state index in [1.54, 1.807) is 6.07 Å². The number of aryl methyl sites for hydroxylation is 2. The molecule has 2 aromatic carbocycles. The SMILES string of the molecule is O=C(Nc1ccc(F)c(Cl)c1)c1cccc2c3c([nH]c12)CCCC3. The number of anilines is 1. The molecule has 0 saturated heterocycles. The molecule has 122 valence electrons. The van der Waals surface area contributed by atoms with Crippen LogP contribution in [0.1, 0.15) is 34.5 Å². The summed E-state index contributed by atoms with van der Waals surface area (Å²) in [6.07, 6.45) is 4.44. The Kier molecular flexibility index (Phi) is 3.77. The Balaban J connectivity index is 1.71. The Morgan fingerprint density at radius 2 is 2.00 bits per heavy atom. The molecule has 1 amide bonds. The Bertz CT molecular complexity index is 948. The summed E-state index contributed by atoms with van der Waals surface area (Å²) >= 11 is 5.77. The van der Waals surface area contributed by atoms with Gasteiger partial charge in [-0.2, -0.15) is 0 Å². The number of hydrogen-bond donors (Lipinski definition) is 2. The number of aromatic nitrogens is 1. The van der Waals surface area contributed by atoms with E-state index in [1.165, 1.54) is 42.3 Å². The zero-order chi connectivity index (χ0) is 16.7. The Hall–Kier alpha value is -2.33. The van der Waals surface area contributed by atoms with E-state index in [-0.39, 0.29) is 10.9 Å². The minimum Gasteiger partial charge on any atom is -0.358 e. The lowest BCUT2D eigenvalue weighted by molar-refractivity contribution is 0.102. The zero-order valence-corrected chi connectivity index (χ0v) is 13.7. The highest BCUT2D eigenvalue weighted by Crippen LogP contribution is 2.31. The molecule has 0 aliphatic heterocycles. The maximum Gasteiger partial charge on any atom is 0.257 e. The van der Waals surface area contributed by atoms with Gasteiger partial charge in [0.2, 0.25) is 0 Å². The van der Waals surface area contributed by atoms with Crippen LogP contribution in [0.5, 0.6) is 0 Å². The van der Waals surface area contributed by atoms with E-state index in [2.05, 4.69) is 16.4 Å². The molecule has 0 spiro atoms. The Morgan fingerprint density at radius 1 is 1.17 bits per heavy atom. The molecule has 0 radical (unpaired) electrons. The van der Waals surface area contributed by atoms with Gasteiger partial charge in [0.1, 0.15) is 5.82 Å². The Morgan fingerprint density at radius 3 is 2.83 bits per heavy atom. The van der Waals surface area contributed by atoms with Gasteiger partial charge in [-0.05, 0) is 55.5 Å². The lowest BCUT2D eigenvalue weighted by Gasteiger charge is -2.10. The number of amides is 1. The van der Waals surface area contributed by atoms with Crippen molar-refractivity contribution < 1.29 is 9.18 Å². The Labute approximate surface area is 143 Å². The minimum atomic E-state index is -0.506. The van der Waals surface area contributed by atoms with Crippen molar-refractivity contribution in [2.75, 3.05) is 5.32 Å². The predicted octanol–water partition coefficient (Wildman–Crippen LogP) is 5.09. The number of nitrogens with one attached hydrogen (secondary N) is 2. The van der Waals surface area contributed by atoms with E-state index in [0.29, 0.717) is 11.3 Å². The lowest BCUT2D eigenvalue weighted by Crippen LogP contribution is -2.12. The summed E-state index contributed by atoms with van der Waals surface area (Å²) in [5.74, 6) is -0.740. The second-order valence-corrected chi connectivity index (χ2v) is 6.51. The van der Waals surface area contributed by atoms with E-state index in [4.69, 9.17) is 11.6 Å². The zero-order valence-electron chi connectivity index (χ0n) is 13.0. The normalized spacial score (nSPS) is 13.8. The molecule has 3 nitrogen and oxygen atoms in total. The van der Waals surface area contributed by atoms with E-state index in [9.17, 15) is 9.18 Å². The standard InChI is InChI=1S/C19H16ClFN2O/c20-15-10-11(8-9-16(15)21)22-19(24)14-6-3-5-13-12-4-1-2-7-17(12)23-18(13)14/h3,5-6,8-10,23H,1-2,4,7H2,(H,22,24). The minimum absolute atomic E-state index is 0.0126. The number of carbonyl (C=O) groups excluding carboxylic acids is 1. The highest BCUT2D eigenvalue weighted by Gasteiger charge is 2.19. The molecule has 1 aromatic heterocycles. The quantitative estimate of drug-likeness (QED) is 0.669. The summed E-state index contributed by atoms with van der Waals surface area (Å²) in [6, 6.07) is 9.91. The van der Waals surface area contributed by atoms with Gasteiger partial charge in [0, 0.05) is 16.8 Å². The van der Waals surface area contributed by atoms with Crippen molar-refractivity contribution in [3.8, 4) is 0 Å². The number of fused-ring (bicyclic) bond motifs is 3. The molecule has 0 atom stereocenters. The van der Waals surface area contributed by atoms with Gasteiger partial charge in [-0.3, -0.25) is 4.79 Å². The molecule has 5 heteroatoms. The van der Waals surface area contributed by atoms with Crippen molar-refractivity contribution in [2.24, 2.45) is 0 Å². The highest BCUT2D eigenvalue weighted by atomic mass is 35.5. The van der Waals surface area contributed by atoms with Crippen LogP contribution in [0, 0.1) is 5.82 Å². The number of halogens is 2. The second kappa shape index (κ2) is 5.95. The summed E-state index contributed by atoms with van der Waals surface area (Å²) in [7, 11) is 0. The first-order valence-electron chi connectivity index (χ1n) is 8.02. The predicted molar refractivity (Wildman–Crippen MR) is 94.3 cm³/mol. The van der Waals surface area contributed by atoms with E-state index in [1.807, 2.05) is 6.07 Å². The first-order valence-corrected chi connectivity index (χ1v) is 8.40. The number of hydrogen-bond acceptors (Lipinski definition) is 1. The molecule has 0 fully saturated rings. The van der Waals surface area contributed by atoms with E-state index >= 15 is 0 Å². The van der Waals surface area contributed by atoms with Crippen LogP contribution < -0.4 is 5.32 Å². The number of benzene rings is 2. The van der Waals surface area contributed by atoms with Gasteiger partial charge < -0.3 is 10.3 Å². The molecule has 1 aliphatic carbocycles. The molecule has 4 rings (SSSR count). The number of carbonyl (C=O) groups is 1. The number of para-hydroxylation sites is 1. The van der Waals surface area contributed by atoms with E-state index < -0.39 is 5.82 Å². The van der Waals surface area contributed by atoms with Gasteiger partial charge in [0.25, 0.3) is 5.91 Å². The fourth-order valence-corrected chi connectivity index (χ4v) is 3.57. The number of rotatable bonds is 2. The third kappa shape index (κ3) is 2.57. The summed E-state index contributed by atoms with van der Waals surface area (Å²) in [5, 5.41) is 3.90. The number of aromatic amines is 1. The van der Waals surface area contributed by atoms with E-state index in [0.717, 1.165) is 23.7 Å². The first kappa shape index (κ1) is 15.2. The third-order valence-corrected chi connectivity index (χ3v) is 4.85. The van der Waals surface area contributed by atoms with Crippen LogP contribution in [0.3, 0.4) is 0 Å². The van der Waals surface area contributed by atoms with Crippen molar-refractivity contribution in [3.05, 3.63) is 64.1 Å². The lowest BCUT2D eigenvalue weighted by atomic mass is 9.95. The van der Waals surface area contributed by atoms with Gasteiger partial charge in [0.05, 0.1) is 16.1 Å².